The summed E-state index contributed by atoms with van der Waals surface area (Å²) in [5.41, 5.74) is 4.86. The summed E-state index contributed by atoms with van der Waals surface area (Å²) in [6.45, 7) is 16.9. The van der Waals surface area contributed by atoms with Crippen molar-refractivity contribution in [1.29, 1.82) is 0 Å². The van der Waals surface area contributed by atoms with Crippen LogP contribution >= 0.6 is 0 Å². The zero-order valence-corrected chi connectivity index (χ0v) is 11.4. The first-order chi connectivity index (χ1) is 6.68. The van der Waals surface area contributed by atoms with E-state index < -0.39 is 0 Å². The second kappa shape index (κ2) is 3.77. The van der Waals surface area contributed by atoms with E-state index in [0.29, 0.717) is 0 Å². The quantitative estimate of drug-likeness (QED) is 0.610. The molecule has 0 spiro atoms. The first kappa shape index (κ1) is 12.5. The highest BCUT2D eigenvalue weighted by atomic mass is 14.8. The molecule has 1 aliphatic heterocycles. The second-order valence-electron chi connectivity index (χ2n) is 6.47. The number of nitrogens with zero attached hydrogens (tertiary/aromatic N) is 1. The monoisotopic (exact) mass is 207 g/mol. The summed E-state index contributed by atoms with van der Waals surface area (Å²) in [5.74, 6) is 0. The molecule has 1 heteroatoms. The van der Waals surface area contributed by atoms with Crippen molar-refractivity contribution in [2.45, 2.75) is 54.9 Å². The lowest BCUT2D eigenvalue weighted by molar-refractivity contribution is 0.458. The van der Waals surface area contributed by atoms with Crippen molar-refractivity contribution in [3.05, 3.63) is 11.1 Å². The van der Waals surface area contributed by atoms with Gasteiger partial charge in [0.15, 0.2) is 0 Å². The van der Waals surface area contributed by atoms with E-state index in [4.69, 9.17) is 4.99 Å². The smallest absolute Gasteiger partial charge is 0.0614 e. The van der Waals surface area contributed by atoms with Gasteiger partial charge in [-0.2, -0.15) is 0 Å². The van der Waals surface area contributed by atoms with Crippen molar-refractivity contribution in [3.63, 3.8) is 0 Å². The van der Waals surface area contributed by atoms with E-state index in [2.05, 4.69) is 48.5 Å². The molecule has 0 bridgehead atoms. The van der Waals surface area contributed by atoms with Gasteiger partial charge in [-0.3, -0.25) is 4.99 Å². The van der Waals surface area contributed by atoms with Gasteiger partial charge in [0.25, 0.3) is 0 Å². The Hall–Kier alpha value is -0.590. The predicted molar refractivity (Wildman–Crippen MR) is 68.5 cm³/mol. The van der Waals surface area contributed by atoms with Crippen molar-refractivity contribution in [2.24, 2.45) is 15.8 Å². The predicted octanol–water partition coefficient (Wildman–Crippen LogP) is 4.24. The van der Waals surface area contributed by atoms with Crippen molar-refractivity contribution in [1.82, 2.24) is 0 Å². The van der Waals surface area contributed by atoms with Gasteiger partial charge in [0.2, 0.25) is 0 Å². The molecule has 1 aliphatic rings. The maximum absolute atomic E-state index is 4.69. The summed E-state index contributed by atoms with van der Waals surface area (Å²) in [6, 6.07) is 0. The summed E-state index contributed by atoms with van der Waals surface area (Å²) in [5, 5.41) is 0. The molecule has 0 aromatic carbocycles. The van der Waals surface area contributed by atoms with Gasteiger partial charge in [-0.1, -0.05) is 48.5 Å². The van der Waals surface area contributed by atoms with Crippen LogP contribution in [0.5, 0.6) is 0 Å². The summed E-state index contributed by atoms with van der Waals surface area (Å²) in [7, 11) is 0. The Bertz CT molecular complexity index is 305. The highest BCUT2D eigenvalue weighted by Crippen LogP contribution is 2.40. The molecule has 0 radical (unpaired) electrons. The second-order valence-corrected chi connectivity index (χ2v) is 6.47. The van der Waals surface area contributed by atoms with E-state index in [0.717, 1.165) is 13.0 Å². The van der Waals surface area contributed by atoms with Crippen molar-refractivity contribution in [3.8, 4) is 0 Å². The van der Waals surface area contributed by atoms with Crippen LogP contribution in [-0.2, 0) is 0 Å². The van der Waals surface area contributed by atoms with Gasteiger partial charge < -0.3 is 0 Å². The van der Waals surface area contributed by atoms with Crippen LogP contribution in [0, 0.1) is 10.8 Å². The largest absolute Gasteiger partial charge is 0.285 e. The molecule has 0 saturated heterocycles. The van der Waals surface area contributed by atoms with Gasteiger partial charge in [-0.15, -0.1) is 0 Å². The minimum atomic E-state index is 0.230. The average Bonchev–Trinajstić information content (AvgIpc) is 2.44. The molecule has 1 heterocycles. The SMILES string of the molecule is CCC1=NCC(C(C)(C)C)=C1C(C)(C)C. The number of hydrogen-bond acceptors (Lipinski definition) is 1. The third kappa shape index (κ3) is 2.50. The third-order valence-corrected chi connectivity index (χ3v) is 3.01. The van der Waals surface area contributed by atoms with Gasteiger partial charge in [0.05, 0.1) is 6.54 Å². The lowest BCUT2D eigenvalue weighted by atomic mass is 9.74. The van der Waals surface area contributed by atoms with Crippen LogP contribution in [0.25, 0.3) is 0 Å². The molecule has 15 heavy (non-hydrogen) atoms. The van der Waals surface area contributed by atoms with E-state index >= 15 is 0 Å². The third-order valence-electron chi connectivity index (χ3n) is 3.01. The molecule has 0 saturated carbocycles. The normalized spacial score (nSPS) is 18.5. The fraction of sp³-hybridized carbons (Fsp3) is 0.786. The fourth-order valence-electron chi connectivity index (χ4n) is 2.29. The lowest BCUT2D eigenvalue weighted by Crippen LogP contribution is -2.22. The van der Waals surface area contributed by atoms with E-state index in [1.54, 1.807) is 0 Å². The Morgan fingerprint density at radius 2 is 1.53 bits per heavy atom. The molecular formula is C14H25N. The number of hydrogen-bond donors (Lipinski definition) is 0. The van der Waals surface area contributed by atoms with Gasteiger partial charge in [-0.05, 0) is 28.4 Å². The maximum Gasteiger partial charge on any atom is 0.0614 e. The van der Waals surface area contributed by atoms with E-state index in [1.165, 1.54) is 16.9 Å². The minimum Gasteiger partial charge on any atom is -0.285 e. The molecule has 86 valence electrons. The van der Waals surface area contributed by atoms with Crippen molar-refractivity contribution >= 4 is 5.71 Å². The Kier molecular flexibility index (Phi) is 3.14. The molecular weight excluding hydrogens is 182 g/mol. The molecule has 0 aromatic rings. The molecule has 0 fully saturated rings. The zero-order chi connectivity index (χ0) is 11.9. The molecule has 1 nitrogen and oxygen atoms in total. The van der Waals surface area contributed by atoms with Crippen LogP contribution in [0.4, 0.5) is 0 Å². The maximum atomic E-state index is 4.69. The highest BCUT2D eigenvalue weighted by Gasteiger charge is 2.33. The molecule has 0 aromatic heterocycles. The molecule has 0 unspecified atom stereocenters. The molecule has 0 atom stereocenters. The van der Waals surface area contributed by atoms with E-state index in [1.807, 2.05) is 0 Å². The molecule has 1 rings (SSSR count). The first-order valence-corrected chi connectivity index (χ1v) is 5.95. The van der Waals surface area contributed by atoms with Crippen LogP contribution in [0.15, 0.2) is 16.1 Å². The Morgan fingerprint density at radius 3 is 1.87 bits per heavy atom. The Labute approximate surface area is 94.7 Å². The summed E-state index contributed by atoms with van der Waals surface area (Å²) in [6.07, 6.45) is 1.06. The summed E-state index contributed by atoms with van der Waals surface area (Å²) < 4.78 is 0. The summed E-state index contributed by atoms with van der Waals surface area (Å²) >= 11 is 0. The van der Waals surface area contributed by atoms with Crippen molar-refractivity contribution < 1.29 is 0 Å². The van der Waals surface area contributed by atoms with Crippen LogP contribution in [0.3, 0.4) is 0 Å². The van der Waals surface area contributed by atoms with Crippen LogP contribution in [0.1, 0.15) is 54.9 Å². The standard InChI is InChI=1S/C14H25N/c1-8-11-12(14(5,6)7)10(9-15-11)13(2,3)4/h8-9H2,1-7H3. The van der Waals surface area contributed by atoms with Crippen LogP contribution in [0.2, 0.25) is 0 Å². The average molecular weight is 207 g/mol. The van der Waals surface area contributed by atoms with Gasteiger partial charge >= 0.3 is 0 Å². The summed E-state index contributed by atoms with van der Waals surface area (Å²) in [4.78, 5) is 4.69. The van der Waals surface area contributed by atoms with Crippen molar-refractivity contribution in [2.75, 3.05) is 6.54 Å². The first-order valence-electron chi connectivity index (χ1n) is 5.95. The minimum absolute atomic E-state index is 0.230. The zero-order valence-electron chi connectivity index (χ0n) is 11.4. The van der Waals surface area contributed by atoms with Gasteiger partial charge in [0, 0.05) is 5.71 Å². The lowest BCUT2D eigenvalue weighted by Gasteiger charge is -2.29. The van der Waals surface area contributed by atoms with Crippen LogP contribution < -0.4 is 0 Å². The molecule has 0 aliphatic carbocycles. The van der Waals surface area contributed by atoms with Crippen LogP contribution in [-0.4, -0.2) is 12.3 Å². The number of rotatable bonds is 1. The highest BCUT2D eigenvalue weighted by molar-refractivity contribution is 6.03. The topological polar surface area (TPSA) is 12.4 Å². The number of aliphatic imine (C=N–C) groups is 1. The number of allylic oxidation sites excluding steroid dienone is 1. The molecule has 0 N–H and O–H groups in total. The van der Waals surface area contributed by atoms with Gasteiger partial charge in [-0.25, -0.2) is 0 Å². The van der Waals surface area contributed by atoms with Gasteiger partial charge in [0.1, 0.15) is 0 Å². The molecule has 0 amide bonds. The Balaban J connectivity index is 3.24. The van der Waals surface area contributed by atoms with E-state index in [9.17, 15) is 0 Å². The fourth-order valence-corrected chi connectivity index (χ4v) is 2.29. The Morgan fingerprint density at radius 1 is 1.00 bits per heavy atom. The van der Waals surface area contributed by atoms with E-state index in [-0.39, 0.29) is 10.8 Å².